The van der Waals surface area contributed by atoms with E-state index in [-0.39, 0.29) is 18.1 Å². The summed E-state index contributed by atoms with van der Waals surface area (Å²) in [5, 5.41) is 2.36. The van der Waals surface area contributed by atoms with E-state index in [4.69, 9.17) is 4.74 Å². The third kappa shape index (κ3) is 5.29. The van der Waals surface area contributed by atoms with Crippen molar-refractivity contribution >= 4 is 17.5 Å². The molecule has 3 rings (SSSR count). The molecule has 2 aromatic rings. The number of methoxy groups -OCH3 is 1. The van der Waals surface area contributed by atoms with Crippen molar-refractivity contribution in [2.75, 3.05) is 45.2 Å². The quantitative estimate of drug-likeness (QED) is 0.771. The molecule has 0 atom stereocenters. The molecule has 0 spiro atoms. The number of benzene rings is 2. The molecule has 2 amide bonds. The average Bonchev–Trinajstić information content (AvgIpc) is 2.73. The van der Waals surface area contributed by atoms with Crippen molar-refractivity contribution in [2.45, 2.75) is 6.18 Å². The normalized spacial score (nSPS) is 15.0. The number of amides is 2. The predicted molar refractivity (Wildman–Crippen MR) is 105 cm³/mol. The van der Waals surface area contributed by atoms with Gasteiger partial charge in [0, 0.05) is 5.56 Å². The van der Waals surface area contributed by atoms with Crippen LogP contribution >= 0.6 is 0 Å². The predicted octanol–water partition coefficient (Wildman–Crippen LogP) is 1.69. The highest BCUT2D eigenvalue weighted by Crippen LogP contribution is 2.34. The molecule has 1 saturated heterocycles. The SMILES string of the molecule is COc1ccc(C(=O)N2CC[NH+](CC(=O)Nc3ccccc3C(F)(F)F)CC2)cc1. The summed E-state index contributed by atoms with van der Waals surface area (Å²) in [5.74, 6) is 0.0795. The summed E-state index contributed by atoms with van der Waals surface area (Å²) in [7, 11) is 1.55. The molecule has 1 aliphatic rings. The van der Waals surface area contributed by atoms with Gasteiger partial charge in [0.05, 0.1) is 44.5 Å². The van der Waals surface area contributed by atoms with Gasteiger partial charge in [-0.05, 0) is 36.4 Å². The maximum absolute atomic E-state index is 13.1. The highest BCUT2D eigenvalue weighted by Gasteiger charge is 2.34. The Morgan fingerprint density at radius 1 is 1.07 bits per heavy atom. The van der Waals surface area contributed by atoms with Crippen LogP contribution in [-0.4, -0.2) is 56.5 Å². The van der Waals surface area contributed by atoms with Gasteiger partial charge in [0.2, 0.25) is 0 Å². The minimum atomic E-state index is -4.54. The van der Waals surface area contributed by atoms with Crippen molar-refractivity contribution in [3.63, 3.8) is 0 Å². The summed E-state index contributed by atoms with van der Waals surface area (Å²) in [4.78, 5) is 27.5. The molecule has 160 valence electrons. The molecule has 2 N–H and O–H groups in total. The molecule has 1 heterocycles. The van der Waals surface area contributed by atoms with Gasteiger partial charge in [-0.15, -0.1) is 0 Å². The van der Waals surface area contributed by atoms with Crippen molar-refractivity contribution in [3.8, 4) is 5.75 Å². The molecule has 0 unspecified atom stereocenters. The lowest BCUT2D eigenvalue weighted by molar-refractivity contribution is -0.895. The van der Waals surface area contributed by atoms with Crippen LogP contribution in [0.5, 0.6) is 5.75 Å². The monoisotopic (exact) mass is 422 g/mol. The second kappa shape index (κ2) is 9.17. The zero-order chi connectivity index (χ0) is 21.7. The van der Waals surface area contributed by atoms with Gasteiger partial charge < -0.3 is 19.9 Å². The fraction of sp³-hybridized carbons (Fsp3) is 0.333. The summed E-state index contributed by atoms with van der Waals surface area (Å²) in [5.41, 5.74) is -0.563. The van der Waals surface area contributed by atoms with Crippen LogP contribution in [0, 0.1) is 0 Å². The molecule has 0 aliphatic carbocycles. The summed E-state index contributed by atoms with van der Waals surface area (Å²) >= 11 is 0. The number of quaternary nitrogens is 1. The zero-order valence-corrected chi connectivity index (χ0v) is 16.5. The van der Waals surface area contributed by atoms with Crippen LogP contribution in [0.15, 0.2) is 48.5 Å². The Bertz CT molecular complexity index is 892. The number of alkyl halides is 3. The Labute approximate surface area is 172 Å². The smallest absolute Gasteiger partial charge is 0.418 e. The molecule has 2 aromatic carbocycles. The van der Waals surface area contributed by atoms with E-state index in [2.05, 4.69) is 5.32 Å². The third-order valence-corrected chi connectivity index (χ3v) is 5.01. The molecule has 0 aromatic heterocycles. The largest absolute Gasteiger partial charge is 0.497 e. The van der Waals surface area contributed by atoms with Crippen molar-refractivity contribution < 1.29 is 32.4 Å². The first-order valence-corrected chi connectivity index (χ1v) is 9.51. The Morgan fingerprint density at radius 2 is 1.70 bits per heavy atom. The number of anilines is 1. The standard InChI is InChI=1S/C21H22F3N3O3/c1-30-16-8-6-15(7-9-16)20(29)27-12-10-26(11-13-27)14-19(28)25-18-5-3-2-4-17(18)21(22,23)24/h2-9H,10-14H2,1H3,(H,25,28)/p+1. The summed E-state index contributed by atoms with van der Waals surface area (Å²) in [6, 6.07) is 11.7. The Hall–Kier alpha value is -3.07. The highest BCUT2D eigenvalue weighted by molar-refractivity contribution is 5.94. The van der Waals surface area contributed by atoms with Crippen LogP contribution in [0.1, 0.15) is 15.9 Å². The first-order chi connectivity index (χ1) is 14.3. The Kier molecular flexibility index (Phi) is 6.61. The molecule has 1 fully saturated rings. The summed E-state index contributed by atoms with van der Waals surface area (Å²) in [6.07, 6.45) is -4.54. The fourth-order valence-corrected chi connectivity index (χ4v) is 3.38. The van der Waals surface area contributed by atoms with Gasteiger partial charge in [-0.3, -0.25) is 9.59 Å². The molecule has 0 saturated carbocycles. The number of carbonyl (C=O) groups is 2. The number of para-hydroxylation sites is 1. The zero-order valence-electron chi connectivity index (χ0n) is 16.5. The minimum Gasteiger partial charge on any atom is -0.497 e. The van der Waals surface area contributed by atoms with Crippen LogP contribution in [0.2, 0.25) is 0 Å². The minimum absolute atomic E-state index is 0.0385. The van der Waals surface area contributed by atoms with Gasteiger partial charge in [0.1, 0.15) is 5.75 Å². The van der Waals surface area contributed by atoms with E-state index in [0.29, 0.717) is 37.5 Å². The summed E-state index contributed by atoms with van der Waals surface area (Å²) < 4.78 is 44.3. The Morgan fingerprint density at radius 3 is 2.30 bits per heavy atom. The summed E-state index contributed by atoms with van der Waals surface area (Å²) in [6.45, 7) is 2.04. The van der Waals surface area contributed by atoms with Gasteiger partial charge in [0.25, 0.3) is 11.8 Å². The van der Waals surface area contributed by atoms with E-state index in [0.717, 1.165) is 11.0 Å². The van der Waals surface area contributed by atoms with E-state index in [9.17, 15) is 22.8 Å². The van der Waals surface area contributed by atoms with Gasteiger partial charge in [-0.2, -0.15) is 13.2 Å². The van der Waals surface area contributed by atoms with Crippen molar-refractivity contribution in [2.24, 2.45) is 0 Å². The number of hydrogen-bond acceptors (Lipinski definition) is 3. The van der Waals surface area contributed by atoms with Crippen LogP contribution in [-0.2, 0) is 11.0 Å². The lowest BCUT2D eigenvalue weighted by atomic mass is 10.1. The molecule has 30 heavy (non-hydrogen) atoms. The lowest BCUT2D eigenvalue weighted by Gasteiger charge is -2.32. The van der Waals surface area contributed by atoms with Gasteiger partial charge in [-0.1, -0.05) is 12.1 Å². The maximum Gasteiger partial charge on any atom is 0.418 e. The number of rotatable bonds is 5. The average molecular weight is 422 g/mol. The first kappa shape index (κ1) is 21.6. The Balaban J connectivity index is 1.52. The van der Waals surface area contributed by atoms with Crippen LogP contribution in [0.3, 0.4) is 0 Å². The van der Waals surface area contributed by atoms with E-state index in [1.165, 1.54) is 18.2 Å². The first-order valence-electron chi connectivity index (χ1n) is 9.51. The van der Waals surface area contributed by atoms with Crippen molar-refractivity contribution in [1.29, 1.82) is 0 Å². The molecular weight excluding hydrogens is 399 g/mol. The van der Waals surface area contributed by atoms with Gasteiger partial charge in [-0.25, -0.2) is 0 Å². The molecule has 0 radical (unpaired) electrons. The van der Waals surface area contributed by atoms with Gasteiger partial charge >= 0.3 is 6.18 Å². The number of piperazine rings is 1. The molecule has 9 heteroatoms. The molecule has 0 bridgehead atoms. The van der Waals surface area contributed by atoms with Crippen LogP contribution in [0.4, 0.5) is 18.9 Å². The topological polar surface area (TPSA) is 63.1 Å². The molecule has 1 aliphatic heterocycles. The number of hydrogen-bond donors (Lipinski definition) is 2. The van der Waals surface area contributed by atoms with Crippen molar-refractivity contribution in [3.05, 3.63) is 59.7 Å². The van der Waals surface area contributed by atoms with E-state index in [1.54, 1.807) is 36.3 Å². The van der Waals surface area contributed by atoms with E-state index >= 15 is 0 Å². The third-order valence-electron chi connectivity index (χ3n) is 5.01. The number of ether oxygens (including phenoxy) is 1. The lowest BCUT2D eigenvalue weighted by Crippen LogP contribution is -3.15. The van der Waals surface area contributed by atoms with E-state index < -0.39 is 17.6 Å². The number of nitrogens with zero attached hydrogens (tertiary/aromatic N) is 1. The van der Waals surface area contributed by atoms with Gasteiger partial charge in [0.15, 0.2) is 6.54 Å². The number of nitrogens with one attached hydrogen (secondary N) is 2. The van der Waals surface area contributed by atoms with Crippen LogP contribution in [0.25, 0.3) is 0 Å². The van der Waals surface area contributed by atoms with Crippen molar-refractivity contribution in [1.82, 2.24) is 4.90 Å². The second-order valence-corrected chi connectivity index (χ2v) is 7.04. The molecule has 6 nitrogen and oxygen atoms in total. The number of halogens is 3. The number of carbonyl (C=O) groups excluding carboxylic acids is 2. The second-order valence-electron chi connectivity index (χ2n) is 7.04. The highest BCUT2D eigenvalue weighted by atomic mass is 19.4. The molecular formula is C21H23F3N3O3+. The fourth-order valence-electron chi connectivity index (χ4n) is 3.38. The maximum atomic E-state index is 13.1. The van der Waals surface area contributed by atoms with E-state index in [1.807, 2.05) is 0 Å². The van der Waals surface area contributed by atoms with Crippen LogP contribution < -0.4 is 15.0 Å².